The number of benzene rings is 1. The van der Waals surface area contributed by atoms with Crippen molar-refractivity contribution in [3.05, 3.63) is 18.2 Å². The highest BCUT2D eigenvalue weighted by molar-refractivity contribution is 5.51. The number of ether oxygens (including phenoxy) is 3. The third-order valence-corrected chi connectivity index (χ3v) is 2.31. The maximum Gasteiger partial charge on any atom is 0.203 e. The number of para-hydroxylation sites is 1. The number of rotatable bonds is 3. The van der Waals surface area contributed by atoms with E-state index in [9.17, 15) is 0 Å². The second-order valence-corrected chi connectivity index (χ2v) is 4.34. The van der Waals surface area contributed by atoms with Crippen LogP contribution in [0.5, 0.6) is 17.2 Å². The van der Waals surface area contributed by atoms with Crippen LogP contribution in [0.15, 0.2) is 18.2 Å². The minimum atomic E-state index is 0.502. The smallest absolute Gasteiger partial charge is 0.203 e. The second kappa shape index (κ2) is 5.10. The van der Waals surface area contributed by atoms with Gasteiger partial charge in [0.1, 0.15) is 0 Å². The molecular formula is C13H18O3. The van der Waals surface area contributed by atoms with E-state index >= 15 is 0 Å². The number of hydrogen-bond donors (Lipinski definition) is 0. The third-order valence-electron chi connectivity index (χ3n) is 2.31. The van der Waals surface area contributed by atoms with Crippen LogP contribution in [0.3, 0.4) is 0 Å². The molecule has 0 bridgehead atoms. The Morgan fingerprint density at radius 2 is 2.06 bits per heavy atom. The molecule has 0 unspecified atom stereocenters. The maximum atomic E-state index is 5.72. The van der Waals surface area contributed by atoms with Crippen LogP contribution in [0.4, 0.5) is 0 Å². The zero-order valence-electron chi connectivity index (χ0n) is 9.86. The first-order valence-corrected chi connectivity index (χ1v) is 5.79. The number of fused-ring (bicyclic) bond motifs is 1. The molecule has 0 aliphatic carbocycles. The first-order chi connectivity index (χ1) is 7.77. The summed E-state index contributed by atoms with van der Waals surface area (Å²) in [4.78, 5) is 0. The van der Waals surface area contributed by atoms with Crippen molar-refractivity contribution in [2.24, 2.45) is 5.92 Å². The molecule has 1 aromatic rings. The molecule has 2 rings (SSSR count). The summed E-state index contributed by atoms with van der Waals surface area (Å²) < 4.78 is 17.0. The van der Waals surface area contributed by atoms with Crippen molar-refractivity contribution in [1.29, 1.82) is 0 Å². The van der Waals surface area contributed by atoms with E-state index < -0.39 is 0 Å². The molecule has 0 atom stereocenters. The summed E-state index contributed by atoms with van der Waals surface area (Å²) in [6.45, 7) is 6.34. The quantitative estimate of drug-likeness (QED) is 0.787. The molecule has 3 nitrogen and oxygen atoms in total. The molecule has 1 heterocycles. The Morgan fingerprint density at radius 1 is 1.25 bits per heavy atom. The molecule has 0 N–H and O–H groups in total. The van der Waals surface area contributed by atoms with Gasteiger partial charge in [-0.05, 0) is 18.1 Å². The maximum absolute atomic E-state index is 5.72. The van der Waals surface area contributed by atoms with E-state index in [-0.39, 0.29) is 0 Å². The van der Waals surface area contributed by atoms with Gasteiger partial charge < -0.3 is 14.2 Å². The topological polar surface area (TPSA) is 27.7 Å². The minimum Gasteiger partial charge on any atom is -0.489 e. The Hall–Kier alpha value is -1.38. The van der Waals surface area contributed by atoms with Crippen molar-refractivity contribution in [1.82, 2.24) is 0 Å². The molecule has 88 valence electrons. The van der Waals surface area contributed by atoms with E-state index in [2.05, 4.69) is 13.8 Å². The monoisotopic (exact) mass is 222 g/mol. The number of hydrogen-bond acceptors (Lipinski definition) is 3. The molecule has 0 saturated heterocycles. The van der Waals surface area contributed by atoms with Crippen LogP contribution in [-0.2, 0) is 0 Å². The van der Waals surface area contributed by atoms with Crippen molar-refractivity contribution >= 4 is 0 Å². The lowest BCUT2D eigenvalue weighted by Crippen LogP contribution is -2.06. The van der Waals surface area contributed by atoms with Crippen molar-refractivity contribution in [2.75, 3.05) is 19.8 Å². The summed E-state index contributed by atoms with van der Waals surface area (Å²) >= 11 is 0. The van der Waals surface area contributed by atoms with Gasteiger partial charge in [0.2, 0.25) is 5.75 Å². The summed E-state index contributed by atoms with van der Waals surface area (Å²) in [5.74, 6) is 2.83. The Morgan fingerprint density at radius 3 is 2.88 bits per heavy atom. The molecule has 1 aliphatic heterocycles. The Kier molecular flexibility index (Phi) is 3.54. The SMILES string of the molecule is CC(C)COc1cccc2c1OCCCO2. The highest BCUT2D eigenvalue weighted by Crippen LogP contribution is 2.38. The van der Waals surface area contributed by atoms with Gasteiger partial charge in [-0.25, -0.2) is 0 Å². The van der Waals surface area contributed by atoms with Gasteiger partial charge in [-0.3, -0.25) is 0 Å². The molecule has 0 amide bonds. The summed E-state index contributed by atoms with van der Waals surface area (Å²) in [6, 6.07) is 5.78. The molecular weight excluding hydrogens is 204 g/mol. The third kappa shape index (κ3) is 2.60. The lowest BCUT2D eigenvalue weighted by atomic mass is 10.2. The van der Waals surface area contributed by atoms with Gasteiger partial charge in [0.05, 0.1) is 19.8 Å². The van der Waals surface area contributed by atoms with Gasteiger partial charge in [0.15, 0.2) is 11.5 Å². The van der Waals surface area contributed by atoms with Gasteiger partial charge in [0, 0.05) is 6.42 Å². The fraction of sp³-hybridized carbons (Fsp3) is 0.538. The molecule has 0 aromatic heterocycles. The highest BCUT2D eigenvalue weighted by Gasteiger charge is 2.15. The molecule has 0 saturated carbocycles. The Labute approximate surface area is 96.3 Å². The zero-order chi connectivity index (χ0) is 11.4. The van der Waals surface area contributed by atoms with Crippen molar-refractivity contribution in [2.45, 2.75) is 20.3 Å². The summed E-state index contributed by atoms with van der Waals surface area (Å²) in [5.41, 5.74) is 0. The molecule has 1 aliphatic rings. The van der Waals surface area contributed by atoms with Crippen molar-refractivity contribution in [3.8, 4) is 17.2 Å². The average molecular weight is 222 g/mol. The normalized spacial score (nSPS) is 14.7. The van der Waals surface area contributed by atoms with Crippen molar-refractivity contribution < 1.29 is 14.2 Å². The van der Waals surface area contributed by atoms with Gasteiger partial charge in [-0.1, -0.05) is 19.9 Å². The van der Waals surface area contributed by atoms with E-state index in [1.165, 1.54) is 0 Å². The van der Waals surface area contributed by atoms with E-state index in [0.717, 1.165) is 23.7 Å². The Balaban J connectivity index is 2.17. The first kappa shape index (κ1) is 11.1. The van der Waals surface area contributed by atoms with Crippen LogP contribution < -0.4 is 14.2 Å². The fourth-order valence-electron chi connectivity index (χ4n) is 1.54. The predicted molar refractivity (Wildman–Crippen MR) is 62.4 cm³/mol. The van der Waals surface area contributed by atoms with E-state index in [0.29, 0.717) is 25.7 Å². The summed E-state index contributed by atoms with van der Waals surface area (Å²) in [7, 11) is 0. The predicted octanol–water partition coefficient (Wildman–Crippen LogP) is 2.88. The van der Waals surface area contributed by atoms with Crippen LogP contribution in [0.1, 0.15) is 20.3 Å². The standard InChI is InChI=1S/C13H18O3/c1-10(2)9-16-12-6-3-5-11-13(12)15-8-4-7-14-11/h3,5-6,10H,4,7-9H2,1-2H3. The van der Waals surface area contributed by atoms with Gasteiger partial charge >= 0.3 is 0 Å². The Bertz CT molecular complexity index is 347. The van der Waals surface area contributed by atoms with Gasteiger partial charge in [-0.15, -0.1) is 0 Å². The first-order valence-electron chi connectivity index (χ1n) is 5.79. The van der Waals surface area contributed by atoms with Crippen LogP contribution in [0.25, 0.3) is 0 Å². The average Bonchev–Trinajstić information content (AvgIpc) is 2.51. The minimum absolute atomic E-state index is 0.502. The van der Waals surface area contributed by atoms with Crippen LogP contribution in [-0.4, -0.2) is 19.8 Å². The molecule has 16 heavy (non-hydrogen) atoms. The lowest BCUT2D eigenvalue weighted by Gasteiger charge is -2.14. The molecule has 0 fully saturated rings. The van der Waals surface area contributed by atoms with E-state index in [1.54, 1.807) is 0 Å². The van der Waals surface area contributed by atoms with Gasteiger partial charge in [0.25, 0.3) is 0 Å². The zero-order valence-corrected chi connectivity index (χ0v) is 9.86. The largest absolute Gasteiger partial charge is 0.489 e. The van der Waals surface area contributed by atoms with Crippen molar-refractivity contribution in [3.63, 3.8) is 0 Å². The molecule has 0 radical (unpaired) electrons. The molecule has 0 spiro atoms. The highest BCUT2D eigenvalue weighted by atomic mass is 16.5. The van der Waals surface area contributed by atoms with Gasteiger partial charge in [-0.2, -0.15) is 0 Å². The van der Waals surface area contributed by atoms with E-state index in [1.807, 2.05) is 18.2 Å². The molecule has 1 aromatic carbocycles. The van der Waals surface area contributed by atoms with Crippen LogP contribution in [0, 0.1) is 5.92 Å². The fourth-order valence-corrected chi connectivity index (χ4v) is 1.54. The second-order valence-electron chi connectivity index (χ2n) is 4.34. The molecule has 3 heteroatoms. The summed E-state index contributed by atoms with van der Waals surface area (Å²) in [5, 5.41) is 0. The van der Waals surface area contributed by atoms with Crippen LogP contribution >= 0.6 is 0 Å². The lowest BCUT2D eigenvalue weighted by molar-refractivity contribution is 0.245. The van der Waals surface area contributed by atoms with Crippen LogP contribution in [0.2, 0.25) is 0 Å². The summed E-state index contributed by atoms with van der Waals surface area (Å²) in [6.07, 6.45) is 0.915. The van der Waals surface area contributed by atoms with E-state index in [4.69, 9.17) is 14.2 Å².